The molecule has 1 nitrogen and oxygen atoms in total. The van der Waals surface area contributed by atoms with Crippen LogP contribution in [0.5, 0.6) is 0 Å². The number of hydrogen-bond donors (Lipinski definition) is 1. The van der Waals surface area contributed by atoms with Gasteiger partial charge >= 0.3 is 0 Å². The summed E-state index contributed by atoms with van der Waals surface area (Å²) in [4.78, 5) is 0. The molecule has 3 heteroatoms. The average molecular weight is 319 g/mol. The predicted octanol–water partition coefficient (Wildman–Crippen LogP) is 5.78. The molecule has 120 valence electrons. The van der Waals surface area contributed by atoms with Crippen molar-refractivity contribution in [2.75, 3.05) is 5.88 Å². The molecule has 0 aliphatic rings. The van der Waals surface area contributed by atoms with Gasteiger partial charge in [-0.25, -0.2) is 0 Å². The summed E-state index contributed by atoms with van der Waals surface area (Å²) in [6.45, 7) is 18.3. The topological polar surface area (TPSA) is 20.2 Å². The van der Waals surface area contributed by atoms with E-state index in [0.29, 0.717) is 22.5 Å². The summed E-state index contributed by atoms with van der Waals surface area (Å²) < 4.78 is 0. The van der Waals surface area contributed by atoms with Crippen LogP contribution >= 0.6 is 11.6 Å². The predicted molar refractivity (Wildman–Crippen MR) is 95.3 cm³/mol. The van der Waals surface area contributed by atoms with Crippen molar-refractivity contribution >= 4 is 19.7 Å². The first-order chi connectivity index (χ1) is 9.09. The van der Waals surface area contributed by atoms with Gasteiger partial charge in [-0.15, -0.1) is 11.6 Å². The third-order valence-electron chi connectivity index (χ3n) is 4.87. The van der Waals surface area contributed by atoms with Crippen LogP contribution in [0.1, 0.15) is 61.8 Å². The van der Waals surface area contributed by atoms with Gasteiger partial charge in [0.1, 0.15) is 0 Å². The zero-order valence-corrected chi connectivity index (χ0v) is 16.5. The van der Waals surface area contributed by atoms with Crippen molar-refractivity contribution in [1.29, 1.82) is 0 Å². The molecule has 0 heterocycles. The van der Waals surface area contributed by atoms with Crippen molar-refractivity contribution in [3.8, 4) is 0 Å². The smallest absolute Gasteiger partial charge is 0.0853 e. The van der Waals surface area contributed by atoms with Crippen molar-refractivity contribution in [3.63, 3.8) is 0 Å². The summed E-state index contributed by atoms with van der Waals surface area (Å²) in [5, 5.41) is 10.2. The Hall–Kier alpha value is 0.207. The molecule has 0 amide bonds. The molecule has 1 unspecified atom stereocenters. The fourth-order valence-electron chi connectivity index (χ4n) is 3.51. The highest BCUT2D eigenvalue weighted by molar-refractivity contribution is 6.88. The molecule has 0 aliphatic carbocycles. The second-order valence-corrected chi connectivity index (χ2v) is 13.4. The molecular formula is C17H35ClOSi. The Bertz CT molecular complexity index is 286. The molecule has 0 rings (SSSR count). The lowest BCUT2D eigenvalue weighted by atomic mass is 10.0. The number of aliphatic hydroxyl groups excluding tert-OH is 1. The number of halogens is 1. The molecule has 0 fully saturated rings. The zero-order valence-electron chi connectivity index (χ0n) is 14.7. The van der Waals surface area contributed by atoms with Gasteiger partial charge < -0.3 is 5.11 Å². The molecule has 1 N–H and O–H groups in total. The van der Waals surface area contributed by atoms with Crippen LogP contribution in [0, 0.1) is 5.92 Å². The molecule has 0 saturated carbocycles. The minimum absolute atomic E-state index is 0.279. The SMILES string of the molecule is CC(C)C(O)C/C(=C/[Si](C(C)C)(C(C)C)C(C)C)CCl. The van der Waals surface area contributed by atoms with E-state index >= 15 is 0 Å². The fraction of sp³-hybridized carbons (Fsp3) is 0.882. The fourth-order valence-corrected chi connectivity index (χ4v) is 9.75. The van der Waals surface area contributed by atoms with E-state index in [9.17, 15) is 5.11 Å². The summed E-state index contributed by atoms with van der Waals surface area (Å²) in [5.41, 5.74) is 5.84. The molecule has 20 heavy (non-hydrogen) atoms. The third kappa shape index (κ3) is 4.89. The van der Waals surface area contributed by atoms with Gasteiger partial charge in [0.25, 0.3) is 0 Å². The number of hydrogen-bond acceptors (Lipinski definition) is 1. The molecule has 1 atom stereocenters. The highest BCUT2D eigenvalue weighted by Crippen LogP contribution is 2.43. The van der Waals surface area contributed by atoms with Gasteiger partial charge in [-0.3, -0.25) is 0 Å². The van der Waals surface area contributed by atoms with E-state index in [2.05, 4.69) is 61.1 Å². The summed E-state index contributed by atoms with van der Waals surface area (Å²) in [5.74, 6) is 0.833. The van der Waals surface area contributed by atoms with E-state index in [4.69, 9.17) is 11.6 Å². The van der Waals surface area contributed by atoms with E-state index in [-0.39, 0.29) is 12.0 Å². The number of rotatable bonds is 8. The Labute approximate surface area is 132 Å². The van der Waals surface area contributed by atoms with E-state index in [1.54, 1.807) is 0 Å². The van der Waals surface area contributed by atoms with Crippen molar-refractivity contribution in [3.05, 3.63) is 11.3 Å². The lowest BCUT2D eigenvalue weighted by molar-refractivity contribution is 0.126. The molecule has 0 aliphatic heterocycles. The van der Waals surface area contributed by atoms with Crippen molar-refractivity contribution < 1.29 is 5.11 Å². The number of aliphatic hydroxyl groups is 1. The van der Waals surface area contributed by atoms with Crippen LogP contribution in [0.25, 0.3) is 0 Å². The van der Waals surface area contributed by atoms with Crippen molar-refractivity contribution in [1.82, 2.24) is 0 Å². The number of alkyl halides is 1. The summed E-state index contributed by atoms with van der Waals surface area (Å²) >= 11 is 6.18. The second-order valence-electron chi connectivity index (χ2n) is 7.42. The van der Waals surface area contributed by atoms with Crippen LogP contribution in [-0.4, -0.2) is 25.2 Å². The highest BCUT2D eigenvalue weighted by Gasteiger charge is 2.40. The maximum atomic E-state index is 10.2. The average Bonchev–Trinajstić information content (AvgIpc) is 2.32. The normalized spacial score (nSPS) is 15.8. The monoisotopic (exact) mass is 318 g/mol. The first-order valence-corrected chi connectivity index (χ1v) is 10.9. The first-order valence-electron chi connectivity index (χ1n) is 8.04. The van der Waals surface area contributed by atoms with E-state index < -0.39 is 8.07 Å². The van der Waals surface area contributed by atoms with Gasteiger partial charge in [-0.2, -0.15) is 0 Å². The van der Waals surface area contributed by atoms with Gasteiger partial charge in [-0.1, -0.05) is 66.7 Å². The minimum atomic E-state index is -1.57. The minimum Gasteiger partial charge on any atom is -0.393 e. The molecule has 0 bridgehead atoms. The second kappa shape index (κ2) is 8.60. The van der Waals surface area contributed by atoms with Gasteiger partial charge in [0.2, 0.25) is 0 Å². The Balaban J connectivity index is 5.51. The Kier molecular flexibility index (Phi) is 8.69. The molecule has 0 aromatic carbocycles. The standard InChI is InChI=1S/C17H35ClOSi/c1-12(2)17(19)9-16(10-18)11-20(13(3)4,14(5)6)15(7)8/h11-15,17,19H,9-10H2,1-8H3/b16-11-. The van der Waals surface area contributed by atoms with Gasteiger partial charge in [0.15, 0.2) is 0 Å². The Morgan fingerprint density at radius 2 is 1.35 bits per heavy atom. The molecule has 0 aromatic rings. The van der Waals surface area contributed by atoms with Crippen LogP contribution in [0.15, 0.2) is 11.3 Å². The summed E-state index contributed by atoms with van der Waals surface area (Å²) in [6, 6.07) is 0. The van der Waals surface area contributed by atoms with Crippen LogP contribution in [0.2, 0.25) is 16.6 Å². The molecule has 0 radical (unpaired) electrons. The lowest BCUT2D eigenvalue weighted by Crippen LogP contribution is -2.43. The van der Waals surface area contributed by atoms with Gasteiger partial charge in [0, 0.05) is 5.88 Å². The van der Waals surface area contributed by atoms with Crippen LogP contribution in [0.4, 0.5) is 0 Å². The van der Waals surface area contributed by atoms with Gasteiger partial charge in [-0.05, 0) is 29.0 Å². The molecular weight excluding hydrogens is 284 g/mol. The molecule has 0 spiro atoms. The Morgan fingerprint density at radius 1 is 0.950 bits per heavy atom. The van der Waals surface area contributed by atoms with Crippen LogP contribution < -0.4 is 0 Å². The maximum Gasteiger partial charge on any atom is 0.0853 e. The van der Waals surface area contributed by atoms with Crippen LogP contribution in [-0.2, 0) is 0 Å². The van der Waals surface area contributed by atoms with E-state index in [1.807, 2.05) is 0 Å². The lowest BCUT2D eigenvalue weighted by Gasteiger charge is -2.41. The van der Waals surface area contributed by atoms with E-state index in [1.165, 1.54) is 5.57 Å². The third-order valence-corrected chi connectivity index (χ3v) is 12.1. The zero-order chi connectivity index (χ0) is 16.1. The Morgan fingerprint density at radius 3 is 1.60 bits per heavy atom. The summed E-state index contributed by atoms with van der Waals surface area (Å²) in [6.07, 6.45) is 0.445. The van der Waals surface area contributed by atoms with Crippen LogP contribution in [0.3, 0.4) is 0 Å². The largest absolute Gasteiger partial charge is 0.393 e. The van der Waals surface area contributed by atoms with E-state index in [0.717, 1.165) is 6.42 Å². The van der Waals surface area contributed by atoms with Gasteiger partial charge in [0.05, 0.1) is 14.2 Å². The molecule has 0 aromatic heterocycles. The first kappa shape index (κ1) is 20.2. The van der Waals surface area contributed by atoms with Crippen molar-refractivity contribution in [2.24, 2.45) is 5.92 Å². The van der Waals surface area contributed by atoms with Crippen molar-refractivity contribution in [2.45, 2.75) is 84.5 Å². The molecule has 0 saturated heterocycles. The highest BCUT2D eigenvalue weighted by atomic mass is 35.5. The quantitative estimate of drug-likeness (QED) is 0.444. The maximum absolute atomic E-state index is 10.2. The summed E-state index contributed by atoms with van der Waals surface area (Å²) in [7, 11) is -1.57.